The van der Waals surface area contributed by atoms with Gasteiger partial charge in [-0.2, -0.15) is 13.2 Å². The van der Waals surface area contributed by atoms with Gasteiger partial charge >= 0.3 is 6.18 Å². The van der Waals surface area contributed by atoms with Gasteiger partial charge in [0, 0.05) is 44.6 Å². The predicted molar refractivity (Wildman–Crippen MR) is 128 cm³/mol. The number of benzene rings is 1. The van der Waals surface area contributed by atoms with E-state index >= 15 is 0 Å². The van der Waals surface area contributed by atoms with E-state index in [1.807, 2.05) is 24.3 Å². The van der Waals surface area contributed by atoms with Crippen molar-refractivity contribution < 1.29 is 17.9 Å². The molecule has 31 heavy (non-hydrogen) atoms. The average molecular weight is 568 g/mol. The van der Waals surface area contributed by atoms with Gasteiger partial charge in [0.25, 0.3) is 0 Å². The summed E-state index contributed by atoms with van der Waals surface area (Å²) in [6.07, 6.45) is -3.07. The summed E-state index contributed by atoms with van der Waals surface area (Å²) in [5, 5.41) is 6.40. The Morgan fingerprint density at radius 1 is 1.32 bits per heavy atom. The summed E-state index contributed by atoms with van der Waals surface area (Å²) in [6.45, 7) is 4.08. The third-order valence-electron chi connectivity index (χ3n) is 5.48. The first-order valence-electron chi connectivity index (χ1n) is 9.82. The van der Waals surface area contributed by atoms with Gasteiger partial charge in [-0.1, -0.05) is 18.2 Å². The van der Waals surface area contributed by atoms with Crippen LogP contribution in [0.25, 0.3) is 0 Å². The maximum atomic E-state index is 13.3. The Morgan fingerprint density at radius 2 is 2.03 bits per heavy atom. The number of aliphatic imine (C=N–C) groups is 1. The van der Waals surface area contributed by atoms with Crippen LogP contribution < -0.4 is 5.32 Å². The van der Waals surface area contributed by atoms with Gasteiger partial charge in [-0.3, -0.25) is 4.99 Å². The highest BCUT2D eigenvalue weighted by atomic mass is 127. The van der Waals surface area contributed by atoms with Gasteiger partial charge < -0.3 is 15.0 Å². The lowest BCUT2D eigenvalue weighted by Gasteiger charge is -2.39. The number of aryl methyl sites for hydroxylation is 1. The van der Waals surface area contributed by atoms with Crippen molar-refractivity contribution in [3.05, 3.63) is 51.5 Å². The Balaban J connectivity index is 0.00000341. The van der Waals surface area contributed by atoms with Crippen LogP contribution in [0.15, 0.2) is 34.6 Å². The number of guanidine groups is 1. The molecule has 0 radical (unpaired) electrons. The van der Waals surface area contributed by atoms with Crippen LogP contribution in [0.2, 0.25) is 0 Å². The largest absolute Gasteiger partial charge is 0.416 e. The molecule has 1 aliphatic rings. The van der Waals surface area contributed by atoms with Crippen LogP contribution in [-0.2, 0) is 22.9 Å². The first kappa shape index (κ1) is 25.9. The smallest absolute Gasteiger partial charge is 0.381 e. The lowest BCUT2D eigenvalue weighted by atomic mass is 9.73. The first-order valence-corrected chi connectivity index (χ1v) is 10.7. The molecule has 0 amide bonds. The van der Waals surface area contributed by atoms with E-state index in [4.69, 9.17) is 4.74 Å². The van der Waals surface area contributed by atoms with Gasteiger partial charge in [0.15, 0.2) is 5.96 Å². The van der Waals surface area contributed by atoms with E-state index in [-0.39, 0.29) is 24.0 Å². The van der Waals surface area contributed by atoms with Crippen LogP contribution in [0.5, 0.6) is 0 Å². The van der Waals surface area contributed by atoms with Crippen molar-refractivity contribution in [3.63, 3.8) is 0 Å². The Bertz CT molecular complexity index is 882. The quantitative estimate of drug-likeness (QED) is 0.319. The summed E-state index contributed by atoms with van der Waals surface area (Å²) in [4.78, 5) is 10.8. The van der Waals surface area contributed by atoms with Crippen molar-refractivity contribution in [2.24, 2.45) is 4.99 Å². The molecule has 1 saturated heterocycles. The summed E-state index contributed by atoms with van der Waals surface area (Å²) < 4.78 is 45.3. The van der Waals surface area contributed by atoms with Gasteiger partial charge in [-0.05, 0) is 31.4 Å². The third kappa shape index (κ3) is 6.55. The molecule has 0 spiro atoms. The zero-order valence-electron chi connectivity index (χ0n) is 17.8. The fourth-order valence-corrected chi connectivity index (χ4v) is 4.39. The molecule has 3 rings (SSSR count). The zero-order valence-corrected chi connectivity index (χ0v) is 21.0. The number of rotatable bonds is 5. The topological polar surface area (TPSA) is 49.8 Å². The summed E-state index contributed by atoms with van der Waals surface area (Å²) >= 11 is 1.60. The average Bonchev–Trinajstić information content (AvgIpc) is 3.13. The van der Waals surface area contributed by atoms with E-state index in [1.165, 1.54) is 12.1 Å². The fraction of sp³-hybridized carbons (Fsp3) is 0.524. The highest BCUT2D eigenvalue weighted by Crippen LogP contribution is 2.37. The van der Waals surface area contributed by atoms with Crippen molar-refractivity contribution in [2.45, 2.75) is 37.9 Å². The van der Waals surface area contributed by atoms with Crippen LogP contribution in [0.4, 0.5) is 13.2 Å². The number of thiazole rings is 1. The van der Waals surface area contributed by atoms with Crippen LogP contribution >= 0.6 is 35.3 Å². The lowest BCUT2D eigenvalue weighted by molar-refractivity contribution is -0.137. The molecule has 1 fully saturated rings. The number of alkyl halides is 3. The molecule has 1 N–H and O–H groups in total. The minimum Gasteiger partial charge on any atom is -0.381 e. The van der Waals surface area contributed by atoms with Crippen LogP contribution in [0.1, 0.15) is 34.7 Å². The van der Waals surface area contributed by atoms with Gasteiger partial charge in [-0.15, -0.1) is 35.3 Å². The van der Waals surface area contributed by atoms with Crippen LogP contribution in [0, 0.1) is 6.92 Å². The maximum Gasteiger partial charge on any atom is 0.416 e. The van der Waals surface area contributed by atoms with E-state index in [2.05, 4.69) is 15.3 Å². The second-order valence-electron chi connectivity index (χ2n) is 7.59. The number of nitrogens with zero attached hydrogens (tertiary/aromatic N) is 3. The summed E-state index contributed by atoms with van der Waals surface area (Å²) in [5.41, 5.74) is 0.572. The van der Waals surface area contributed by atoms with Gasteiger partial charge in [0.1, 0.15) is 0 Å². The number of nitrogens with one attached hydrogen (secondary N) is 1. The van der Waals surface area contributed by atoms with E-state index in [0.29, 0.717) is 50.7 Å². The van der Waals surface area contributed by atoms with Crippen molar-refractivity contribution in [1.82, 2.24) is 15.2 Å². The number of halogens is 4. The Labute approximate surface area is 202 Å². The minimum atomic E-state index is -4.36. The maximum absolute atomic E-state index is 13.3. The SMILES string of the molecule is CN=C(NCC1(c2cccc(C(F)(F)F)c2)CCOCC1)N(C)Cc1csc(C)n1.I. The molecule has 0 atom stereocenters. The monoisotopic (exact) mass is 568 g/mol. The first-order chi connectivity index (χ1) is 14.2. The van der Waals surface area contributed by atoms with Gasteiger partial charge in [0.05, 0.1) is 22.8 Å². The number of hydrogen-bond donors (Lipinski definition) is 1. The van der Waals surface area contributed by atoms with E-state index in [1.54, 1.807) is 24.5 Å². The number of ether oxygens (including phenoxy) is 1. The Morgan fingerprint density at radius 3 is 2.61 bits per heavy atom. The number of hydrogen-bond acceptors (Lipinski definition) is 4. The van der Waals surface area contributed by atoms with Crippen molar-refractivity contribution in [2.75, 3.05) is 33.9 Å². The van der Waals surface area contributed by atoms with Crippen molar-refractivity contribution >= 4 is 41.3 Å². The summed E-state index contributed by atoms with van der Waals surface area (Å²) in [6, 6.07) is 5.66. The highest BCUT2D eigenvalue weighted by molar-refractivity contribution is 14.0. The summed E-state index contributed by atoms with van der Waals surface area (Å²) in [7, 11) is 3.62. The molecule has 10 heteroatoms. The Kier molecular flexibility index (Phi) is 9.14. The van der Waals surface area contributed by atoms with E-state index in [0.717, 1.165) is 16.8 Å². The molecule has 1 aromatic carbocycles. The predicted octanol–water partition coefficient (Wildman–Crippen LogP) is 4.84. The summed E-state index contributed by atoms with van der Waals surface area (Å²) in [5.74, 6) is 0.679. The van der Waals surface area contributed by atoms with Crippen LogP contribution in [-0.4, -0.2) is 49.7 Å². The molecule has 0 unspecified atom stereocenters. The molecule has 2 aromatic rings. The Hall–Kier alpha value is -1.40. The molecule has 2 heterocycles. The highest BCUT2D eigenvalue weighted by Gasteiger charge is 2.37. The fourth-order valence-electron chi connectivity index (χ4n) is 3.79. The second kappa shape index (κ2) is 11.0. The van der Waals surface area contributed by atoms with Crippen molar-refractivity contribution in [3.8, 4) is 0 Å². The van der Waals surface area contributed by atoms with E-state index < -0.39 is 17.2 Å². The van der Waals surface area contributed by atoms with Gasteiger partial charge in [0.2, 0.25) is 0 Å². The molecule has 172 valence electrons. The zero-order chi connectivity index (χ0) is 21.8. The number of aromatic nitrogens is 1. The van der Waals surface area contributed by atoms with Crippen molar-refractivity contribution in [1.29, 1.82) is 0 Å². The third-order valence-corrected chi connectivity index (χ3v) is 6.30. The van der Waals surface area contributed by atoms with Gasteiger partial charge in [-0.25, -0.2) is 4.98 Å². The van der Waals surface area contributed by atoms with E-state index in [9.17, 15) is 13.2 Å². The molecule has 1 aromatic heterocycles. The molecule has 0 bridgehead atoms. The molecule has 0 aliphatic carbocycles. The molecule has 1 aliphatic heterocycles. The van der Waals surface area contributed by atoms with Crippen LogP contribution in [0.3, 0.4) is 0 Å². The molecular weight excluding hydrogens is 540 g/mol. The normalized spacial score (nSPS) is 16.5. The molecular formula is C21H28F3IN4OS. The standard InChI is InChI=1S/C21H27F3N4OS.HI/c1-15-27-18(13-30-15)12-28(3)19(25-2)26-14-20(7-9-29-10-8-20)16-5-4-6-17(11-16)21(22,23)24;/h4-6,11,13H,7-10,12,14H2,1-3H3,(H,25,26);1H. The lowest BCUT2D eigenvalue weighted by Crippen LogP contribution is -2.48. The second-order valence-corrected chi connectivity index (χ2v) is 8.65. The minimum absolute atomic E-state index is 0. The molecule has 0 saturated carbocycles. The molecule has 5 nitrogen and oxygen atoms in total.